The Morgan fingerprint density at radius 1 is 0.500 bits per heavy atom. The predicted octanol–water partition coefficient (Wildman–Crippen LogP) is 3.52. The van der Waals surface area contributed by atoms with E-state index in [4.69, 9.17) is 63.9 Å². The van der Waals surface area contributed by atoms with Crippen molar-refractivity contribution in [2.45, 2.75) is 189 Å². The van der Waals surface area contributed by atoms with E-state index >= 15 is 0 Å². The molecular weight excluding hydrogens is 1230 g/mol. The number of alkyl carbamates (subject to hydrolysis) is 3. The summed E-state index contributed by atoms with van der Waals surface area (Å²) in [7, 11) is 0. The summed E-state index contributed by atoms with van der Waals surface area (Å²) in [6.45, 7) is 22.2. The van der Waals surface area contributed by atoms with Gasteiger partial charge in [-0.2, -0.15) is 0 Å². The van der Waals surface area contributed by atoms with Crippen LogP contribution >= 0.6 is 35.6 Å². The minimum atomic E-state index is -1.15. The number of alkyl halides is 2. The van der Waals surface area contributed by atoms with E-state index in [1.807, 2.05) is 62.3 Å². The van der Waals surface area contributed by atoms with Crippen LogP contribution in [0.5, 0.6) is 0 Å². The number of aliphatic carboxylic acids is 2. The number of unbranched alkanes of at least 4 members (excludes halogenated alkanes) is 12. The van der Waals surface area contributed by atoms with E-state index in [0.29, 0.717) is 45.8 Å². The fourth-order valence-electron chi connectivity index (χ4n) is 6.28. The Morgan fingerprint density at radius 2 is 0.750 bits per heavy atom. The molecule has 88 heavy (non-hydrogen) atoms. The monoisotopic (exact) mass is 1320 g/mol. The number of nitrogens with zero attached hydrogens (tertiary/aromatic N) is 2. The third-order valence-corrected chi connectivity index (χ3v) is 9.92. The number of carboxylic acids is 2. The van der Waals surface area contributed by atoms with Crippen LogP contribution in [0, 0.1) is 0 Å². The number of imide groups is 2. The molecule has 0 saturated heterocycles. The van der Waals surface area contributed by atoms with Gasteiger partial charge in [-0.3, -0.25) is 33.8 Å². The van der Waals surface area contributed by atoms with E-state index in [9.17, 15) is 52.7 Å². The molecule has 0 aromatic carbocycles. The largest absolute Gasteiger partial charge is 1.00 e. The molecule has 0 aliphatic carbocycles. The Bertz CT molecular complexity index is 2130. The van der Waals surface area contributed by atoms with Crippen molar-refractivity contribution >= 4 is 107 Å². The minimum Gasteiger partial charge on any atom is -0.550 e. The Hall–Kier alpha value is -5.61. The van der Waals surface area contributed by atoms with E-state index in [1.54, 1.807) is 0 Å². The fraction of sp³-hybridized carbons (Fsp3) is 0.655. The molecule has 0 saturated carbocycles. The molecule has 0 aromatic rings. The second-order valence-electron chi connectivity index (χ2n) is 21.5. The summed E-state index contributed by atoms with van der Waals surface area (Å²) in [5.74, 6) is -4.63. The van der Waals surface area contributed by atoms with Crippen LogP contribution in [-0.2, 0) is 62.1 Å². The number of nitrogens with one attached hydrogen (secondary N) is 4. The Morgan fingerprint density at radius 3 is 0.977 bits per heavy atom. The van der Waals surface area contributed by atoms with Gasteiger partial charge in [-0.15, -0.1) is 35.6 Å². The molecule has 0 bridgehead atoms. The molecule has 0 aromatic heterocycles. The van der Waals surface area contributed by atoms with Gasteiger partial charge in [0.1, 0.15) is 16.8 Å². The number of carbonyl (C=O) groups excluding carboxylic acids is 11. The van der Waals surface area contributed by atoms with Gasteiger partial charge in [-0.05, 0) is 134 Å². The number of halogens is 3. The topological polar surface area (TPSA) is 392 Å². The Kier molecular flexibility index (Phi) is 61.4. The molecule has 0 radical (unpaired) electrons. The van der Waals surface area contributed by atoms with Gasteiger partial charge in [-0.1, -0.05) is 51.4 Å². The van der Waals surface area contributed by atoms with E-state index < -0.39 is 58.8 Å². The van der Waals surface area contributed by atoms with Crippen molar-refractivity contribution < 1.29 is 116 Å². The smallest absolute Gasteiger partial charge is 0.550 e. The summed E-state index contributed by atoms with van der Waals surface area (Å²) in [5.41, 5.74) is 9.34. The summed E-state index contributed by atoms with van der Waals surface area (Å²) in [6, 6.07) is 0. The van der Waals surface area contributed by atoms with Gasteiger partial charge >= 0.3 is 65.7 Å². The molecule has 3 aliphatic rings. The van der Waals surface area contributed by atoms with Crippen LogP contribution in [0.4, 0.5) is 14.4 Å². The third kappa shape index (κ3) is 69.5. The molecule has 0 atom stereocenters. The van der Waals surface area contributed by atoms with Gasteiger partial charge < -0.3 is 66.7 Å². The van der Waals surface area contributed by atoms with Gasteiger partial charge in [-0.25, -0.2) is 28.8 Å². The van der Waals surface area contributed by atoms with Gasteiger partial charge in [0, 0.05) is 93.8 Å². The number of amides is 8. The maximum atomic E-state index is 11.4. The number of carbonyl (C=O) groups is 12. The standard InChI is InChI=1S/C15H26N2O5.C15H24N2O4.C11H24N2O2.C10H16N2O2.C4H2O3.C2H4O2.CH2Cl2.ClH.Na/c1-15(2,3)22-14(21)17-11-7-5-4-6-10-16-12(18)8-9-13(19)20;1-15(2,3)21-14(20)16-10-6-4-5-7-11-17-12(18)8-9-13(17)19;1-11(2,3)15-10(14)13-9-7-5-4-6-8-12;11-7-3-1-2-4-8-12-9(13)5-6-10(12)14;5-3-1-2-4(6)7-3;1-2(3)4;2-1-3;;/h8-9H,4-7,10-11H2,1-3H3,(H,16,18)(H,17,21)(H,19,20);8-9H,4-7,10-11H2,1-3H3,(H,16,20);4-9,12H2,1-3H3,(H,13,14);5-6H,1-4,7-8,11H2;1-2H;1H3,(H,3,4);1H2;1H;/q;;;;;;;;+1/p-1/b9-8-;;;;;;;;. The first-order chi connectivity index (χ1) is 40.1. The van der Waals surface area contributed by atoms with Gasteiger partial charge in [0.25, 0.3) is 23.6 Å². The maximum Gasteiger partial charge on any atom is 1.00 e. The van der Waals surface area contributed by atoms with Crippen LogP contribution < -0.4 is 67.4 Å². The molecule has 8 amide bonds. The number of esters is 2. The summed E-state index contributed by atoms with van der Waals surface area (Å²) in [4.78, 5) is 131. The van der Waals surface area contributed by atoms with Crippen LogP contribution in [0.25, 0.3) is 0 Å². The molecule has 0 spiro atoms. The first-order valence-electron chi connectivity index (χ1n) is 28.4. The first-order valence-corrected chi connectivity index (χ1v) is 29.5. The first kappa shape index (κ1) is 93.5. The average Bonchev–Trinajstić information content (AvgIpc) is 4.08. The van der Waals surface area contributed by atoms with Crippen molar-refractivity contribution in [3.8, 4) is 0 Å². The number of ether oxygens (including phenoxy) is 4. The quantitative estimate of drug-likeness (QED) is 0.00861. The summed E-state index contributed by atoms with van der Waals surface area (Å²) >= 11 is 9.53. The number of hydrogen-bond donors (Lipinski definition) is 7. The van der Waals surface area contributed by atoms with E-state index in [0.717, 1.165) is 141 Å². The molecule has 30 heteroatoms. The zero-order valence-corrected chi connectivity index (χ0v) is 57.7. The van der Waals surface area contributed by atoms with Crippen molar-refractivity contribution in [1.82, 2.24) is 31.1 Å². The second-order valence-corrected chi connectivity index (χ2v) is 22.3. The third-order valence-electron chi connectivity index (χ3n) is 9.92. The van der Waals surface area contributed by atoms with Crippen molar-refractivity contribution in [3.63, 3.8) is 0 Å². The zero-order valence-electron chi connectivity index (χ0n) is 53.4. The molecular formula is C58H98Cl3N8NaO18. The normalized spacial score (nSPS) is 12.6. The minimum absolute atomic E-state index is 0. The van der Waals surface area contributed by atoms with Crippen LogP contribution in [0.1, 0.15) is 172 Å². The maximum absolute atomic E-state index is 11.4. The average molecular weight is 1320 g/mol. The van der Waals surface area contributed by atoms with Gasteiger partial charge in [0.05, 0.1) is 5.34 Å². The number of nitrogens with two attached hydrogens (primary N) is 2. The summed E-state index contributed by atoms with van der Waals surface area (Å²) in [6.07, 6.45) is 23.3. The Balaban J connectivity index is -0.000000237. The van der Waals surface area contributed by atoms with Crippen molar-refractivity contribution in [3.05, 3.63) is 48.6 Å². The van der Waals surface area contributed by atoms with Crippen LogP contribution in [0.3, 0.4) is 0 Å². The molecule has 0 unspecified atom stereocenters. The molecule has 3 aliphatic heterocycles. The van der Waals surface area contributed by atoms with Crippen molar-refractivity contribution in [1.29, 1.82) is 0 Å². The van der Waals surface area contributed by atoms with Gasteiger partial charge in [0.2, 0.25) is 5.91 Å². The molecule has 500 valence electrons. The molecule has 26 nitrogen and oxygen atoms in total. The fourth-order valence-corrected chi connectivity index (χ4v) is 6.28. The number of carboxylic acid groups (broad SMARTS) is 2. The van der Waals surface area contributed by atoms with E-state index in [1.165, 1.54) is 34.1 Å². The van der Waals surface area contributed by atoms with Crippen LogP contribution in [-0.4, -0.2) is 161 Å². The SMILES string of the molecule is CC(=O)[O-].CC(C)(C)OC(=O)NCCCCCCN.CC(C)(C)OC(=O)NCCCCCCN1C(=O)C=CC1=O.CC(C)(C)OC(=O)NCCCCCCNC(=O)/C=C\C(=O)O.Cl.ClCCl.NCCCCCCN1C(=O)C=CC1=O.O=C1C=CC(=O)O1.[Na+]. The van der Waals surface area contributed by atoms with E-state index in [2.05, 4.69) is 26.0 Å². The summed E-state index contributed by atoms with van der Waals surface area (Å²) < 4.78 is 19.3. The van der Waals surface area contributed by atoms with Gasteiger partial charge in [0.15, 0.2) is 0 Å². The van der Waals surface area contributed by atoms with Crippen LogP contribution in [0.2, 0.25) is 0 Å². The predicted molar refractivity (Wildman–Crippen MR) is 331 cm³/mol. The molecule has 3 heterocycles. The molecule has 3 rings (SSSR count). The van der Waals surface area contributed by atoms with Crippen LogP contribution in [0.15, 0.2) is 48.6 Å². The van der Waals surface area contributed by atoms with Crippen molar-refractivity contribution in [2.75, 3.05) is 57.7 Å². The molecule has 9 N–H and O–H groups in total. The summed E-state index contributed by atoms with van der Waals surface area (Å²) in [5, 5.41) is 28.1. The second kappa shape index (κ2) is 57.8. The number of hydrogen-bond acceptors (Lipinski definition) is 19. The number of rotatable bonds is 28. The van der Waals surface area contributed by atoms with Crippen molar-refractivity contribution in [2.24, 2.45) is 11.5 Å². The Labute approximate surface area is 557 Å². The van der Waals surface area contributed by atoms with E-state index in [-0.39, 0.29) is 77.0 Å². The zero-order chi connectivity index (χ0) is 66.6. The number of cyclic esters (lactones) is 2. The molecule has 0 fully saturated rings.